The molecular weight excluding hydrogens is 317 g/mol. The molecule has 2 amide bonds. The fourth-order valence-electron chi connectivity index (χ4n) is 2.76. The molecule has 1 fully saturated rings. The Morgan fingerprint density at radius 2 is 1.88 bits per heavy atom. The molecule has 24 heavy (non-hydrogen) atoms. The van der Waals surface area contributed by atoms with Crippen molar-refractivity contribution >= 4 is 23.6 Å². The number of halogens is 1. The molecule has 7 heteroatoms. The Kier molecular flexibility index (Phi) is 5.11. The van der Waals surface area contributed by atoms with E-state index < -0.39 is 41.6 Å². The topological polar surface area (TPSA) is 80.8 Å². The molecule has 0 bridgehead atoms. The van der Waals surface area contributed by atoms with Gasteiger partial charge in [-0.2, -0.15) is 0 Å². The second-order valence-corrected chi connectivity index (χ2v) is 5.36. The molecular formula is C17H18FNO5. The average Bonchev–Trinajstić information content (AvgIpc) is 2.88. The van der Waals surface area contributed by atoms with Crippen molar-refractivity contribution in [3.63, 3.8) is 0 Å². The molecule has 1 heterocycles. The lowest BCUT2D eigenvalue weighted by molar-refractivity contribution is -0.160. The summed E-state index contributed by atoms with van der Waals surface area (Å²) in [5.41, 5.74) is -3.29. The second kappa shape index (κ2) is 6.90. The highest BCUT2D eigenvalue weighted by Gasteiger charge is 2.61. The summed E-state index contributed by atoms with van der Waals surface area (Å²) in [5.74, 6) is -5.81. The molecule has 128 valence electrons. The largest absolute Gasteiger partial charge is 0.463 e. The van der Waals surface area contributed by atoms with Gasteiger partial charge in [0.15, 0.2) is 0 Å². The number of hydrogen-bond donors (Lipinski definition) is 0. The highest BCUT2D eigenvalue weighted by Crippen LogP contribution is 2.36. The Balaban J connectivity index is 2.49. The number of esters is 1. The smallest absolute Gasteiger partial charge is 0.353 e. The van der Waals surface area contributed by atoms with Gasteiger partial charge in [0.25, 0.3) is 5.67 Å². The molecule has 1 aromatic rings. The zero-order chi connectivity index (χ0) is 17.9. The lowest BCUT2D eigenvalue weighted by Gasteiger charge is -2.26. The van der Waals surface area contributed by atoms with Crippen molar-refractivity contribution < 1.29 is 28.3 Å². The summed E-state index contributed by atoms with van der Waals surface area (Å²) in [6, 6.07) is 7.34. The van der Waals surface area contributed by atoms with Crippen LogP contribution in [-0.2, 0) is 19.1 Å². The van der Waals surface area contributed by atoms with Crippen LogP contribution < -0.4 is 0 Å². The number of ketones is 1. The number of Topliss-reactive ketones (excluding diaryl/α,β-unsaturated/α-hetero) is 1. The minimum Gasteiger partial charge on any atom is -0.463 e. The van der Waals surface area contributed by atoms with Crippen LogP contribution in [0.25, 0.3) is 0 Å². The average molecular weight is 335 g/mol. The number of alkyl halides is 1. The van der Waals surface area contributed by atoms with E-state index in [0.717, 1.165) is 4.90 Å². The normalized spacial score (nSPS) is 20.0. The molecule has 2 rings (SSSR count). The van der Waals surface area contributed by atoms with Crippen molar-refractivity contribution in [1.82, 2.24) is 4.90 Å². The van der Waals surface area contributed by atoms with Crippen LogP contribution in [-0.4, -0.2) is 47.3 Å². The Hall–Kier alpha value is -2.57. The van der Waals surface area contributed by atoms with E-state index in [9.17, 15) is 19.2 Å². The van der Waals surface area contributed by atoms with E-state index in [4.69, 9.17) is 4.74 Å². The number of carbonyl (C=O) groups is 4. The van der Waals surface area contributed by atoms with Crippen LogP contribution in [0.5, 0.6) is 0 Å². The van der Waals surface area contributed by atoms with E-state index in [1.165, 1.54) is 31.2 Å². The van der Waals surface area contributed by atoms with Crippen LogP contribution in [0.4, 0.5) is 4.39 Å². The Morgan fingerprint density at radius 1 is 1.25 bits per heavy atom. The number of nitrogens with zero attached hydrogens (tertiary/aromatic N) is 1. The van der Waals surface area contributed by atoms with Gasteiger partial charge in [0.05, 0.1) is 6.61 Å². The molecule has 1 aliphatic heterocycles. The first-order chi connectivity index (χ1) is 11.4. The van der Waals surface area contributed by atoms with Gasteiger partial charge in [-0.1, -0.05) is 30.3 Å². The van der Waals surface area contributed by atoms with Crippen molar-refractivity contribution in [2.24, 2.45) is 5.92 Å². The number of rotatable bonds is 6. The first-order valence-corrected chi connectivity index (χ1v) is 7.68. The molecule has 0 saturated carbocycles. The summed E-state index contributed by atoms with van der Waals surface area (Å²) in [6.45, 7) is 2.91. The first-order valence-electron chi connectivity index (χ1n) is 7.68. The molecule has 1 aromatic carbocycles. The maximum absolute atomic E-state index is 15.7. The summed E-state index contributed by atoms with van der Waals surface area (Å²) in [7, 11) is 0. The second-order valence-electron chi connectivity index (χ2n) is 5.36. The van der Waals surface area contributed by atoms with Crippen LogP contribution >= 0.6 is 0 Å². The lowest BCUT2D eigenvalue weighted by atomic mass is 9.81. The molecule has 6 nitrogen and oxygen atoms in total. The number of benzene rings is 1. The number of ether oxygens (including phenoxy) is 1. The SMILES string of the molecule is CCOC(=O)C(F)(C(=O)c1ccccc1)C1CC(=O)N(CC)C1=O. The number of likely N-dealkylation sites (tertiary alicyclic amines) is 1. The zero-order valence-corrected chi connectivity index (χ0v) is 13.5. The predicted octanol–water partition coefficient (Wildman–Crippen LogP) is 1.54. The van der Waals surface area contributed by atoms with Gasteiger partial charge in [-0.05, 0) is 13.8 Å². The highest BCUT2D eigenvalue weighted by atomic mass is 19.1. The summed E-state index contributed by atoms with van der Waals surface area (Å²) in [5, 5.41) is 0. The van der Waals surface area contributed by atoms with Gasteiger partial charge in [-0.15, -0.1) is 0 Å². The third-order valence-corrected chi connectivity index (χ3v) is 3.98. The van der Waals surface area contributed by atoms with E-state index in [1.807, 2.05) is 0 Å². The van der Waals surface area contributed by atoms with Gasteiger partial charge in [0.1, 0.15) is 5.92 Å². The molecule has 0 aromatic heterocycles. The zero-order valence-electron chi connectivity index (χ0n) is 13.5. The third-order valence-electron chi connectivity index (χ3n) is 3.98. The Morgan fingerprint density at radius 3 is 2.38 bits per heavy atom. The Labute approximate surface area is 138 Å². The number of amides is 2. The third kappa shape index (κ3) is 2.81. The first kappa shape index (κ1) is 17.8. The van der Waals surface area contributed by atoms with E-state index in [0.29, 0.717) is 0 Å². The fraction of sp³-hybridized carbons (Fsp3) is 0.412. The van der Waals surface area contributed by atoms with Crippen molar-refractivity contribution in [3.05, 3.63) is 35.9 Å². The molecule has 0 radical (unpaired) electrons. The molecule has 2 unspecified atom stereocenters. The van der Waals surface area contributed by atoms with Gasteiger partial charge < -0.3 is 4.74 Å². The standard InChI is InChI=1S/C17H18FNO5/c1-3-19-13(20)10-12(15(19)22)17(18,16(23)24-4-2)14(21)11-8-6-5-7-9-11/h5-9,12H,3-4,10H2,1-2H3. The van der Waals surface area contributed by atoms with Crippen molar-refractivity contribution in [3.8, 4) is 0 Å². The quantitative estimate of drug-likeness (QED) is 0.341. The molecule has 0 spiro atoms. The maximum Gasteiger partial charge on any atom is 0.353 e. The lowest BCUT2D eigenvalue weighted by Crippen LogP contribution is -2.52. The summed E-state index contributed by atoms with van der Waals surface area (Å²) >= 11 is 0. The van der Waals surface area contributed by atoms with Crippen molar-refractivity contribution in [2.45, 2.75) is 25.9 Å². The van der Waals surface area contributed by atoms with E-state index in [1.54, 1.807) is 13.0 Å². The fourth-order valence-corrected chi connectivity index (χ4v) is 2.76. The molecule has 1 saturated heterocycles. The van der Waals surface area contributed by atoms with Crippen molar-refractivity contribution in [2.75, 3.05) is 13.2 Å². The van der Waals surface area contributed by atoms with Crippen LogP contribution in [0.1, 0.15) is 30.6 Å². The van der Waals surface area contributed by atoms with Gasteiger partial charge in [0.2, 0.25) is 17.6 Å². The summed E-state index contributed by atoms with van der Waals surface area (Å²) < 4.78 is 20.4. The summed E-state index contributed by atoms with van der Waals surface area (Å²) in [4.78, 5) is 49.9. The molecule has 2 atom stereocenters. The predicted molar refractivity (Wildman–Crippen MR) is 81.7 cm³/mol. The number of imide groups is 1. The maximum atomic E-state index is 15.7. The van der Waals surface area contributed by atoms with Crippen LogP contribution in [0.2, 0.25) is 0 Å². The van der Waals surface area contributed by atoms with E-state index in [-0.39, 0.29) is 18.7 Å². The van der Waals surface area contributed by atoms with Crippen LogP contribution in [0.15, 0.2) is 30.3 Å². The van der Waals surface area contributed by atoms with E-state index >= 15 is 4.39 Å². The summed E-state index contributed by atoms with van der Waals surface area (Å²) in [6.07, 6.45) is -0.541. The number of carbonyl (C=O) groups excluding carboxylic acids is 4. The van der Waals surface area contributed by atoms with Gasteiger partial charge in [0, 0.05) is 18.5 Å². The minimum absolute atomic E-state index is 0.0482. The monoisotopic (exact) mass is 335 g/mol. The molecule has 0 N–H and O–H groups in total. The van der Waals surface area contributed by atoms with Gasteiger partial charge >= 0.3 is 5.97 Å². The number of hydrogen-bond acceptors (Lipinski definition) is 5. The van der Waals surface area contributed by atoms with Gasteiger partial charge in [-0.3, -0.25) is 19.3 Å². The van der Waals surface area contributed by atoms with Crippen LogP contribution in [0, 0.1) is 5.92 Å². The molecule has 0 aliphatic carbocycles. The van der Waals surface area contributed by atoms with Crippen LogP contribution in [0.3, 0.4) is 0 Å². The highest BCUT2D eigenvalue weighted by molar-refractivity contribution is 6.20. The van der Waals surface area contributed by atoms with Crippen molar-refractivity contribution in [1.29, 1.82) is 0 Å². The van der Waals surface area contributed by atoms with E-state index in [2.05, 4.69) is 0 Å². The molecule has 1 aliphatic rings. The minimum atomic E-state index is -3.23. The van der Waals surface area contributed by atoms with Gasteiger partial charge in [-0.25, -0.2) is 9.18 Å². The Bertz CT molecular complexity index is 675.